The van der Waals surface area contributed by atoms with Crippen molar-refractivity contribution in [2.45, 2.75) is 51.7 Å². The third-order valence-corrected chi connectivity index (χ3v) is 3.90. The lowest BCUT2D eigenvalue weighted by Crippen LogP contribution is -2.41. The monoisotopic (exact) mass is 298 g/mol. The Morgan fingerprint density at radius 2 is 1.52 bits per heavy atom. The molecule has 0 radical (unpaired) electrons. The van der Waals surface area contributed by atoms with E-state index in [0.29, 0.717) is 5.75 Å². The highest BCUT2D eigenvalue weighted by atomic mass is 19.3. The van der Waals surface area contributed by atoms with E-state index in [0.717, 1.165) is 12.4 Å². The van der Waals surface area contributed by atoms with E-state index < -0.39 is 30.8 Å². The third-order valence-electron chi connectivity index (χ3n) is 3.90. The quantitative estimate of drug-likeness (QED) is 0.800. The van der Waals surface area contributed by atoms with Crippen molar-refractivity contribution in [3.63, 3.8) is 0 Å². The molecule has 1 aromatic rings. The van der Waals surface area contributed by atoms with Crippen LogP contribution in [0.1, 0.15) is 34.6 Å². The Hall–Kier alpha value is -1.14. The molecule has 0 saturated carbocycles. The zero-order valence-electron chi connectivity index (χ0n) is 13.1. The Morgan fingerprint density at radius 1 is 1.05 bits per heavy atom. The van der Waals surface area contributed by atoms with Gasteiger partial charge < -0.3 is 14.0 Å². The minimum atomic E-state index is -2.84. The van der Waals surface area contributed by atoms with Gasteiger partial charge in [-0.2, -0.15) is 0 Å². The van der Waals surface area contributed by atoms with Gasteiger partial charge in [0.1, 0.15) is 5.75 Å². The number of ether oxygens (including phenoxy) is 1. The fourth-order valence-corrected chi connectivity index (χ4v) is 1.91. The van der Waals surface area contributed by atoms with Crippen LogP contribution >= 0.6 is 0 Å². The molecule has 0 aromatic heterocycles. The van der Waals surface area contributed by atoms with Gasteiger partial charge in [0.25, 0.3) is 5.92 Å². The Morgan fingerprint density at radius 3 is 1.95 bits per heavy atom. The third kappa shape index (κ3) is 3.74. The predicted octanol–water partition coefficient (Wildman–Crippen LogP) is 3.02. The molecule has 1 aliphatic heterocycles. The minimum Gasteiger partial charge on any atom is -0.487 e. The summed E-state index contributed by atoms with van der Waals surface area (Å²) in [6, 6.07) is 6.83. The zero-order chi connectivity index (χ0) is 15.9. The van der Waals surface area contributed by atoms with Crippen LogP contribution in [0.3, 0.4) is 0 Å². The Kier molecular flexibility index (Phi) is 4.06. The highest BCUT2D eigenvalue weighted by Gasteiger charge is 2.51. The highest BCUT2D eigenvalue weighted by Crippen LogP contribution is 2.36. The fourth-order valence-electron chi connectivity index (χ4n) is 1.91. The molecule has 1 heterocycles. The van der Waals surface area contributed by atoms with Crippen LogP contribution in [0.5, 0.6) is 5.75 Å². The maximum absolute atomic E-state index is 12.7. The molecule has 3 nitrogen and oxygen atoms in total. The van der Waals surface area contributed by atoms with Crippen LogP contribution in [-0.4, -0.2) is 30.8 Å². The molecule has 21 heavy (non-hydrogen) atoms. The summed E-state index contributed by atoms with van der Waals surface area (Å²) in [4.78, 5) is 0. The normalized spacial score (nSPS) is 20.6. The first-order valence-electron chi connectivity index (χ1n) is 6.96. The topological polar surface area (TPSA) is 27.7 Å². The van der Waals surface area contributed by atoms with Gasteiger partial charge >= 0.3 is 7.12 Å². The number of hydrogen-bond acceptors (Lipinski definition) is 3. The molecule has 0 spiro atoms. The van der Waals surface area contributed by atoms with E-state index in [9.17, 15) is 8.78 Å². The number of alkyl halides is 2. The van der Waals surface area contributed by atoms with E-state index in [1.807, 2.05) is 27.7 Å². The van der Waals surface area contributed by atoms with Gasteiger partial charge in [0.15, 0.2) is 6.61 Å². The number of hydrogen-bond donors (Lipinski definition) is 0. The van der Waals surface area contributed by atoms with Gasteiger partial charge in [0, 0.05) is 6.92 Å². The van der Waals surface area contributed by atoms with Gasteiger partial charge in [-0.3, -0.25) is 0 Å². The van der Waals surface area contributed by atoms with Crippen molar-refractivity contribution in [2.24, 2.45) is 0 Å². The summed E-state index contributed by atoms with van der Waals surface area (Å²) in [6.07, 6.45) is 0. The molecule has 0 amide bonds. The number of benzene rings is 1. The van der Waals surface area contributed by atoms with Crippen molar-refractivity contribution in [2.75, 3.05) is 6.61 Å². The Balaban J connectivity index is 2.04. The van der Waals surface area contributed by atoms with Crippen molar-refractivity contribution < 1.29 is 22.8 Å². The Bertz CT molecular complexity index is 479. The molecule has 1 aliphatic rings. The molecule has 116 valence electrons. The van der Waals surface area contributed by atoms with Crippen LogP contribution in [0.2, 0.25) is 0 Å². The molecule has 0 unspecified atom stereocenters. The average molecular weight is 298 g/mol. The summed E-state index contributed by atoms with van der Waals surface area (Å²) in [7, 11) is -0.461. The lowest BCUT2D eigenvalue weighted by Gasteiger charge is -2.32. The standard InChI is InChI=1S/C15H21BF2O3/c1-13(2)14(3,4)21-16(20-13)11-6-8-12(9-7-11)19-10-15(5,17)18/h6-9H,10H2,1-5H3. The van der Waals surface area contributed by atoms with Gasteiger partial charge in [-0.1, -0.05) is 12.1 Å². The van der Waals surface area contributed by atoms with Gasteiger partial charge in [-0.05, 0) is 45.3 Å². The lowest BCUT2D eigenvalue weighted by atomic mass is 9.79. The number of halogens is 2. The van der Waals surface area contributed by atoms with Crippen LogP contribution in [0.15, 0.2) is 24.3 Å². The summed E-state index contributed by atoms with van der Waals surface area (Å²) in [5.74, 6) is -2.44. The molecule has 2 rings (SSSR count). The van der Waals surface area contributed by atoms with Crippen LogP contribution < -0.4 is 10.2 Å². The molecule has 0 N–H and O–H groups in total. The molecule has 6 heteroatoms. The molecule has 1 aromatic carbocycles. The fraction of sp³-hybridized carbons (Fsp3) is 0.600. The smallest absolute Gasteiger partial charge is 0.487 e. The van der Waals surface area contributed by atoms with Crippen LogP contribution in [-0.2, 0) is 9.31 Å². The van der Waals surface area contributed by atoms with E-state index in [2.05, 4.69) is 0 Å². The maximum Gasteiger partial charge on any atom is 0.494 e. The second kappa shape index (κ2) is 5.25. The summed E-state index contributed by atoms with van der Waals surface area (Å²) in [5.41, 5.74) is 0.0260. The van der Waals surface area contributed by atoms with Crippen molar-refractivity contribution >= 4 is 12.6 Å². The second-order valence-corrected chi connectivity index (χ2v) is 6.52. The predicted molar refractivity (Wildman–Crippen MR) is 78.3 cm³/mol. The molecule has 1 fully saturated rings. The average Bonchev–Trinajstić information content (AvgIpc) is 2.56. The summed E-state index contributed by atoms with van der Waals surface area (Å²) >= 11 is 0. The maximum atomic E-state index is 12.7. The largest absolute Gasteiger partial charge is 0.494 e. The first-order valence-corrected chi connectivity index (χ1v) is 6.96. The molecular formula is C15H21BF2O3. The van der Waals surface area contributed by atoms with Gasteiger partial charge in [-0.25, -0.2) is 8.78 Å². The molecule has 1 saturated heterocycles. The zero-order valence-corrected chi connectivity index (χ0v) is 13.1. The SMILES string of the molecule is CC(F)(F)COc1ccc(B2OC(C)(C)C(C)(C)O2)cc1. The summed E-state index contributed by atoms with van der Waals surface area (Å²) in [6.45, 7) is 8.11. The molecule has 0 aliphatic carbocycles. The van der Waals surface area contributed by atoms with Gasteiger partial charge in [0.2, 0.25) is 0 Å². The van der Waals surface area contributed by atoms with Gasteiger partial charge in [-0.15, -0.1) is 0 Å². The van der Waals surface area contributed by atoms with E-state index in [-0.39, 0.29) is 0 Å². The summed E-state index contributed by atoms with van der Waals surface area (Å²) < 4.78 is 42.4. The molecule has 0 bridgehead atoms. The van der Waals surface area contributed by atoms with Gasteiger partial charge in [0.05, 0.1) is 11.2 Å². The van der Waals surface area contributed by atoms with Crippen molar-refractivity contribution in [1.82, 2.24) is 0 Å². The number of rotatable bonds is 4. The minimum absolute atomic E-state index is 0.400. The Labute approximate surface area is 124 Å². The van der Waals surface area contributed by atoms with E-state index in [1.165, 1.54) is 0 Å². The lowest BCUT2D eigenvalue weighted by molar-refractivity contribution is -0.0229. The van der Waals surface area contributed by atoms with Crippen molar-refractivity contribution in [1.29, 1.82) is 0 Å². The van der Waals surface area contributed by atoms with E-state index in [1.54, 1.807) is 24.3 Å². The van der Waals surface area contributed by atoms with E-state index >= 15 is 0 Å². The summed E-state index contributed by atoms with van der Waals surface area (Å²) in [5, 5.41) is 0. The van der Waals surface area contributed by atoms with E-state index in [4.69, 9.17) is 14.0 Å². The van der Waals surface area contributed by atoms with Crippen LogP contribution in [0.4, 0.5) is 8.78 Å². The molecular weight excluding hydrogens is 277 g/mol. The van der Waals surface area contributed by atoms with Crippen LogP contribution in [0.25, 0.3) is 0 Å². The first kappa shape index (κ1) is 16.2. The van der Waals surface area contributed by atoms with Crippen molar-refractivity contribution in [3.05, 3.63) is 24.3 Å². The second-order valence-electron chi connectivity index (χ2n) is 6.52. The first-order chi connectivity index (χ1) is 9.50. The van der Waals surface area contributed by atoms with Crippen LogP contribution in [0, 0.1) is 0 Å². The molecule has 0 atom stereocenters. The highest BCUT2D eigenvalue weighted by molar-refractivity contribution is 6.62. The van der Waals surface area contributed by atoms with Crippen molar-refractivity contribution in [3.8, 4) is 5.75 Å².